The molecule has 1 aliphatic heterocycles. The average Bonchev–Trinajstić information content (AvgIpc) is 3.15. The largest absolute Gasteiger partial charge is 0.388 e. The zero-order valence-electron chi connectivity index (χ0n) is 17.5. The molecule has 0 aromatic heterocycles. The van der Waals surface area contributed by atoms with Gasteiger partial charge in [-0.1, -0.05) is 42.1 Å². The van der Waals surface area contributed by atoms with Crippen molar-refractivity contribution in [3.8, 4) is 0 Å². The minimum Gasteiger partial charge on any atom is -0.388 e. The second-order valence-corrected chi connectivity index (χ2v) is 8.35. The van der Waals surface area contributed by atoms with Gasteiger partial charge in [0.15, 0.2) is 0 Å². The van der Waals surface area contributed by atoms with E-state index in [-0.39, 0.29) is 10.6 Å². The third-order valence-corrected chi connectivity index (χ3v) is 6.35. The lowest BCUT2D eigenvalue weighted by Crippen LogP contribution is -2.46. The number of halogens is 2. The molecule has 0 saturated carbocycles. The van der Waals surface area contributed by atoms with Gasteiger partial charge in [0.05, 0.1) is 5.84 Å². The van der Waals surface area contributed by atoms with Gasteiger partial charge in [-0.2, -0.15) is 5.10 Å². The molecule has 1 amide bonds. The van der Waals surface area contributed by atoms with Crippen LogP contribution in [0.1, 0.15) is 31.4 Å². The number of carbonyl (C=O) groups is 1. The summed E-state index contributed by atoms with van der Waals surface area (Å²) < 4.78 is 33.7. The van der Waals surface area contributed by atoms with Gasteiger partial charge >= 0.3 is 0 Å². The Morgan fingerprint density at radius 2 is 2.00 bits per heavy atom. The van der Waals surface area contributed by atoms with Crippen LogP contribution in [0.5, 0.6) is 0 Å². The topological polar surface area (TPSA) is 80.3 Å². The van der Waals surface area contributed by atoms with Crippen LogP contribution < -0.4 is 5.73 Å². The predicted molar refractivity (Wildman–Crippen MR) is 119 cm³/mol. The number of rotatable bonds is 7. The van der Waals surface area contributed by atoms with Gasteiger partial charge in [-0.3, -0.25) is 9.79 Å². The normalized spacial score (nSPS) is 20.0. The quantitative estimate of drug-likeness (QED) is 0.517. The third-order valence-electron chi connectivity index (χ3n) is 4.90. The molecular weight excluding hydrogens is 422 g/mol. The van der Waals surface area contributed by atoms with Gasteiger partial charge in [0.25, 0.3) is 5.91 Å². The summed E-state index contributed by atoms with van der Waals surface area (Å²) in [7, 11) is 1.43. The number of benzene rings is 2. The second kappa shape index (κ2) is 9.57. The number of nitrogens with two attached hydrogens (primary N) is 1. The van der Waals surface area contributed by atoms with E-state index in [0.29, 0.717) is 18.8 Å². The Morgan fingerprint density at radius 1 is 1.29 bits per heavy atom. The van der Waals surface area contributed by atoms with Crippen molar-refractivity contribution in [2.75, 3.05) is 13.7 Å². The molecule has 0 bridgehead atoms. The monoisotopic (exact) mass is 446 g/mol. The highest BCUT2D eigenvalue weighted by molar-refractivity contribution is 8.15. The maximum atomic E-state index is 14.6. The van der Waals surface area contributed by atoms with Crippen molar-refractivity contribution in [1.29, 1.82) is 0 Å². The molecule has 0 spiro atoms. The molecule has 0 fully saturated rings. The molecule has 164 valence electrons. The molecule has 3 rings (SSSR count). The Hall–Kier alpha value is -2.78. The summed E-state index contributed by atoms with van der Waals surface area (Å²) in [6.45, 7) is 3.60. The average molecular weight is 447 g/mol. The minimum atomic E-state index is -1.03. The summed E-state index contributed by atoms with van der Waals surface area (Å²) in [5, 5.41) is 5.96. The number of hydrogen-bond acceptors (Lipinski definition) is 5. The van der Waals surface area contributed by atoms with Gasteiger partial charge in [-0.05, 0) is 37.6 Å². The van der Waals surface area contributed by atoms with E-state index in [2.05, 4.69) is 10.1 Å². The molecular formula is C22H24F2N4O2S. The molecule has 31 heavy (non-hydrogen) atoms. The van der Waals surface area contributed by atoms with Crippen molar-refractivity contribution in [3.05, 3.63) is 71.3 Å². The van der Waals surface area contributed by atoms with Crippen LogP contribution in [-0.4, -0.2) is 41.6 Å². The molecule has 0 saturated heterocycles. The lowest BCUT2D eigenvalue weighted by Gasteiger charge is -2.36. The molecule has 2 N–H and O–H groups in total. The molecule has 2 aromatic carbocycles. The fourth-order valence-electron chi connectivity index (χ4n) is 3.23. The molecule has 2 atom stereocenters. The van der Waals surface area contributed by atoms with E-state index in [1.165, 1.54) is 23.9 Å². The number of amides is 1. The van der Waals surface area contributed by atoms with E-state index in [1.54, 1.807) is 13.8 Å². The number of carbonyl (C=O) groups excluding carboxylic acids is 1. The summed E-state index contributed by atoms with van der Waals surface area (Å²) in [6, 6.07) is 12.4. The Labute approximate surface area is 184 Å². The maximum Gasteiger partial charge on any atom is 0.273 e. The number of nitrogens with zero attached hydrogens (tertiary/aromatic N) is 3. The number of amidine groups is 1. The Balaban J connectivity index is 2.15. The molecule has 0 radical (unpaired) electrons. The first-order valence-electron chi connectivity index (χ1n) is 9.70. The highest BCUT2D eigenvalue weighted by atomic mass is 32.2. The second-order valence-electron chi connectivity index (χ2n) is 7.08. The van der Waals surface area contributed by atoms with Crippen LogP contribution in [-0.2, 0) is 14.4 Å². The van der Waals surface area contributed by atoms with Gasteiger partial charge in [0, 0.05) is 25.6 Å². The fraction of sp³-hybridized carbons (Fsp3) is 0.318. The lowest BCUT2D eigenvalue weighted by atomic mass is 10.0. The van der Waals surface area contributed by atoms with E-state index in [1.807, 2.05) is 30.3 Å². The molecule has 6 nitrogen and oxygen atoms in total. The van der Waals surface area contributed by atoms with Crippen LogP contribution >= 0.6 is 11.8 Å². The highest BCUT2D eigenvalue weighted by Crippen LogP contribution is 2.50. The first kappa shape index (κ1) is 22.9. The van der Waals surface area contributed by atoms with Crippen molar-refractivity contribution in [2.45, 2.75) is 31.2 Å². The molecule has 2 aromatic rings. The molecule has 1 aliphatic rings. The SMILES string of the molecule is CO[C@@H](C)C(=O)N1N=C(c2cc(F)ccc2F)SC1(CCN=C(C)N)c1ccccc1. The smallest absolute Gasteiger partial charge is 0.273 e. The lowest BCUT2D eigenvalue weighted by molar-refractivity contribution is -0.144. The highest BCUT2D eigenvalue weighted by Gasteiger charge is 2.49. The standard InChI is InChI=1S/C22H24F2N4O2S/c1-14(30-3)21(29)28-22(11-12-26-15(2)25,16-7-5-4-6-8-16)31-20(27-28)18-13-17(23)9-10-19(18)24/h4-10,13-14H,11-12H2,1-3H3,(H2,25,26)/t14-,22?/m0/s1. The van der Waals surface area contributed by atoms with Crippen LogP contribution in [0.15, 0.2) is 58.6 Å². The van der Waals surface area contributed by atoms with Crippen LogP contribution in [0.4, 0.5) is 8.78 Å². The molecule has 0 aliphatic carbocycles. The van der Waals surface area contributed by atoms with Crippen molar-refractivity contribution < 1.29 is 18.3 Å². The van der Waals surface area contributed by atoms with E-state index in [4.69, 9.17) is 10.5 Å². The minimum absolute atomic E-state index is 0.0100. The molecule has 9 heteroatoms. The van der Waals surface area contributed by atoms with Gasteiger partial charge in [0.2, 0.25) is 0 Å². The molecule has 1 unspecified atom stereocenters. The first-order valence-corrected chi connectivity index (χ1v) is 10.5. The fourth-order valence-corrected chi connectivity index (χ4v) is 4.60. The van der Waals surface area contributed by atoms with Crippen molar-refractivity contribution in [2.24, 2.45) is 15.8 Å². The Bertz CT molecular complexity index is 1010. The van der Waals surface area contributed by atoms with Crippen LogP contribution in [0.3, 0.4) is 0 Å². The Morgan fingerprint density at radius 3 is 2.65 bits per heavy atom. The van der Waals surface area contributed by atoms with Crippen molar-refractivity contribution in [1.82, 2.24) is 5.01 Å². The Kier molecular flexibility index (Phi) is 7.07. The van der Waals surface area contributed by atoms with Crippen LogP contribution in [0.25, 0.3) is 0 Å². The summed E-state index contributed by atoms with van der Waals surface area (Å²) in [5.41, 5.74) is 6.47. The molecule has 1 heterocycles. The number of hydrazone groups is 1. The predicted octanol–water partition coefficient (Wildman–Crippen LogP) is 3.86. The first-order chi connectivity index (χ1) is 14.8. The van der Waals surface area contributed by atoms with E-state index >= 15 is 0 Å². The van der Waals surface area contributed by atoms with Crippen LogP contribution in [0.2, 0.25) is 0 Å². The van der Waals surface area contributed by atoms with Gasteiger partial charge in [-0.15, -0.1) is 0 Å². The number of hydrogen-bond donors (Lipinski definition) is 1. The van der Waals surface area contributed by atoms with E-state index in [0.717, 1.165) is 23.8 Å². The maximum absolute atomic E-state index is 14.6. The van der Waals surface area contributed by atoms with Gasteiger partial charge in [0.1, 0.15) is 27.7 Å². The van der Waals surface area contributed by atoms with Crippen molar-refractivity contribution >= 4 is 28.5 Å². The van der Waals surface area contributed by atoms with Gasteiger partial charge < -0.3 is 10.5 Å². The summed E-state index contributed by atoms with van der Waals surface area (Å²) >= 11 is 1.19. The zero-order chi connectivity index (χ0) is 22.6. The van der Waals surface area contributed by atoms with Gasteiger partial charge in [-0.25, -0.2) is 13.8 Å². The zero-order valence-corrected chi connectivity index (χ0v) is 18.3. The van der Waals surface area contributed by atoms with E-state index < -0.39 is 28.5 Å². The van der Waals surface area contributed by atoms with E-state index in [9.17, 15) is 13.6 Å². The van der Waals surface area contributed by atoms with Crippen LogP contribution in [0, 0.1) is 11.6 Å². The summed E-state index contributed by atoms with van der Waals surface area (Å²) in [4.78, 5) is 16.5. The van der Waals surface area contributed by atoms with Crippen molar-refractivity contribution in [3.63, 3.8) is 0 Å². The number of methoxy groups -OCH3 is 1. The number of aliphatic imine (C=N–C) groups is 1. The summed E-state index contributed by atoms with van der Waals surface area (Å²) in [6.07, 6.45) is -0.439. The third kappa shape index (κ3) is 4.77. The summed E-state index contributed by atoms with van der Waals surface area (Å²) in [5.74, 6) is -1.21. The number of ether oxygens (including phenoxy) is 1. The number of thioether (sulfide) groups is 1.